The van der Waals surface area contributed by atoms with E-state index in [4.69, 9.17) is 10.4 Å². The lowest BCUT2D eigenvalue weighted by Crippen LogP contribution is -2.44. The van der Waals surface area contributed by atoms with Gasteiger partial charge >= 0.3 is 5.97 Å². The van der Waals surface area contributed by atoms with E-state index in [1.54, 1.807) is 13.8 Å². The van der Waals surface area contributed by atoms with Gasteiger partial charge in [0.25, 0.3) is 5.91 Å². The Morgan fingerprint density at radius 2 is 2.11 bits per heavy atom. The normalized spacial score (nSPS) is 11.7. The highest BCUT2D eigenvalue weighted by molar-refractivity contribution is 5.95. The van der Waals surface area contributed by atoms with Gasteiger partial charge in [-0.1, -0.05) is 13.8 Å². The van der Waals surface area contributed by atoms with Crippen LogP contribution < -0.4 is 5.32 Å². The van der Waals surface area contributed by atoms with Crippen LogP contribution in [-0.4, -0.2) is 28.0 Å². The maximum absolute atomic E-state index is 11.7. The smallest absolute Gasteiger partial charge is 0.326 e. The molecule has 0 aliphatic rings. The summed E-state index contributed by atoms with van der Waals surface area (Å²) in [6.07, 6.45) is 1.26. The predicted octanol–water partition coefficient (Wildman–Crippen LogP) is 0.792. The van der Waals surface area contributed by atoms with Gasteiger partial charge in [0.05, 0.1) is 5.56 Å². The molecule has 0 aliphatic heterocycles. The second-order valence-electron chi connectivity index (χ2n) is 4.08. The lowest BCUT2D eigenvalue weighted by molar-refractivity contribution is -0.140. The van der Waals surface area contributed by atoms with Gasteiger partial charge in [-0.2, -0.15) is 5.26 Å². The quantitative estimate of drug-likeness (QED) is 0.818. The lowest BCUT2D eigenvalue weighted by Gasteiger charge is -2.17. The van der Waals surface area contributed by atoms with Gasteiger partial charge in [0.1, 0.15) is 17.8 Å². The summed E-state index contributed by atoms with van der Waals surface area (Å²) in [5.74, 6) is -1.89. The molecular formula is C12H13N3O3. The Labute approximate surface area is 104 Å². The number of nitrogens with one attached hydrogen (secondary N) is 1. The van der Waals surface area contributed by atoms with Gasteiger partial charge in [-0.25, -0.2) is 9.78 Å². The van der Waals surface area contributed by atoms with E-state index in [0.29, 0.717) is 5.56 Å². The van der Waals surface area contributed by atoms with Crippen LogP contribution in [0.15, 0.2) is 18.3 Å². The topological polar surface area (TPSA) is 103 Å². The van der Waals surface area contributed by atoms with E-state index in [2.05, 4.69) is 10.3 Å². The molecule has 6 nitrogen and oxygen atoms in total. The minimum atomic E-state index is -1.09. The van der Waals surface area contributed by atoms with Crippen molar-refractivity contribution in [3.63, 3.8) is 0 Å². The first kappa shape index (κ1) is 13.6. The number of carbonyl (C=O) groups is 2. The molecule has 0 aromatic carbocycles. The molecule has 0 aliphatic carbocycles. The van der Waals surface area contributed by atoms with Crippen molar-refractivity contribution in [2.24, 2.45) is 5.92 Å². The number of carbonyl (C=O) groups excluding carboxylic acids is 1. The number of carboxylic acid groups (broad SMARTS) is 1. The molecule has 6 heteroatoms. The van der Waals surface area contributed by atoms with Crippen molar-refractivity contribution in [2.45, 2.75) is 19.9 Å². The second-order valence-corrected chi connectivity index (χ2v) is 4.08. The Morgan fingerprint density at radius 1 is 1.44 bits per heavy atom. The number of aliphatic carboxylic acids is 1. The number of aromatic nitrogens is 1. The number of pyridine rings is 1. The van der Waals surface area contributed by atoms with Crippen LogP contribution in [0.25, 0.3) is 0 Å². The second kappa shape index (κ2) is 5.77. The van der Waals surface area contributed by atoms with Crippen LogP contribution in [0.5, 0.6) is 0 Å². The van der Waals surface area contributed by atoms with Crippen molar-refractivity contribution in [1.82, 2.24) is 10.3 Å². The molecule has 1 atom stereocenters. The van der Waals surface area contributed by atoms with Crippen LogP contribution >= 0.6 is 0 Å². The van der Waals surface area contributed by atoms with Crippen LogP contribution in [0.1, 0.15) is 29.9 Å². The third-order valence-electron chi connectivity index (χ3n) is 2.34. The van der Waals surface area contributed by atoms with E-state index in [1.807, 2.05) is 6.07 Å². The fraction of sp³-hybridized carbons (Fsp3) is 0.333. The molecule has 0 saturated heterocycles. The SMILES string of the molecule is CC(C)C(NC(=O)c1ccc(C#N)cn1)C(=O)O. The summed E-state index contributed by atoms with van der Waals surface area (Å²) in [4.78, 5) is 26.5. The van der Waals surface area contributed by atoms with E-state index >= 15 is 0 Å². The molecule has 0 fully saturated rings. The fourth-order valence-electron chi connectivity index (χ4n) is 1.32. The van der Waals surface area contributed by atoms with Crippen molar-refractivity contribution in [3.05, 3.63) is 29.6 Å². The third-order valence-corrected chi connectivity index (χ3v) is 2.34. The van der Waals surface area contributed by atoms with Crippen molar-refractivity contribution in [1.29, 1.82) is 5.26 Å². The molecule has 1 aromatic heterocycles. The molecule has 1 aromatic rings. The van der Waals surface area contributed by atoms with Crippen molar-refractivity contribution in [3.8, 4) is 6.07 Å². The number of hydrogen-bond donors (Lipinski definition) is 2. The molecule has 0 radical (unpaired) electrons. The van der Waals surface area contributed by atoms with E-state index in [1.165, 1.54) is 18.3 Å². The monoisotopic (exact) mass is 247 g/mol. The molecule has 1 rings (SSSR count). The van der Waals surface area contributed by atoms with Crippen LogP contribution in [-0.2, 0) is 4.79 Å². The zero-order chi connectivity index (χ0) is 13.7. The first-order chi connectivity index (χ1) is 8.45. The fourth-order valence-corrected chi connectivity index (χ4v) is 1.32. The molecule has 94 valence electrons. The number of rotatable bonds is 4. The van der Waals surface area contributed by atoms with Crippen LogP contribution in [0, 0.1) is 17.2 Å². The minimum absolute atomic E-state index is 0.0842. The van der Waals surface area contributed by atoms with Gasteiger partial charge in [-0.05, 0) is 18.1 Å². The lowest BCUT2D eigenvalue weighted by atomic mass is 10.0. The van der Waals surface area contributed by atoms with Crippen molar-refractivity contribution in [2.75, 3.05) is 0 Å². The highest BCUT2D eigenvalue weighted by Crippen LogP contribution is 2.04. The summed E-state index contributed by atoms with van der Waals surface area (Å²) in [6, 6.07) is 3.75. The van der Waals surface area contributed by atoms with Crippen LogP contribution in [0.4, 0.5) is 0 Å². The highest BCUT2D eigenvalue weighted by atomic mass is 16.4. The molecule has 1 amide bonds. The van der Waals surface area contributed by atoms with E-state index in [0.717, 1.165) is 0 Å². The van der Waals surface area contributed by atoms with E-state index < -0.39 is 17.9 Å². The minimum Gasteiger partial charge on any atom is -0.480 e. The van der Waals surface area contributed by atoms with Crippen LogP contribution in [0.3, 0.4) is 0 Å². The van der Waals surface area contributed by atoms with Crippen molar-refractivity contribution < 1.29 is 14.7 Å². The molecule has 0 bridgehead atoms. The first-order valence-corrected chi connectivity index (χ1v) is 5.35. The Morgan fingerprint density at radius 3 is 2.50 bits per heavy atom. The molecule has 18 heavy (non-hydrogen) atoms. The summed E-state index contributed by atoms with van der Waals surface area (Å²) in [5.41, 5.74) is 0.422. The number of nitrogens with zero attached hydrogens (tertiary/aromatic N) is 2. The van der Waals surface area contributed by atoms with Crippen LogP contribution in [0.2, 0.25) is 0 Å². The molecule has 1 heterocycles. The first-order valence-electron chi connectivity index (χ1n) is 5.35. The number of carboxylic acids is 1. The largest absolute Gasteiger partial charge is 0.480 e. The third kappa shape index (κ3) is 3.28. The molecule has 0 saturated carbocycles. The van der Waals surface area contributed by atoms with Crippen molar-refractivity contribution >= 4 is 11.9 Å². The molecule has 2 N–H and O–H groups in total. The summed E-state index contributed by atoms with van der Waals surface area (Å²) < 4.78 is 0. The average Bonchev–Trinajstić information content (AvgIpc) is 2.35. The summed E-state index contributed by atoms with van der Waals surface area (Å²) in [5, 5.41) is 19.9. The Hall–Kier alpha value is -2.42. The van der Waals surface area contributed by atoms with Gasteiger partial charge in [0.2, 0.25) is 0 Å². The Bertz CT molecular complexity index is 488. The highest BCUT2D eigenvalue weighted by Gasteiger charge is 2.24. The van der Waals surface area contributed by atoms with E-state index in [-0.39, 0.29) is 11.6 Å². The maximum atomic E-state index is 11.7. The standard InChI is InChI=1S/C12H13N3O3/c1-7(2)10(12(17)18)15-11(16)9-4-3-8(5-13)6-14-9/h3-4,6-7,10H,1-2H3,(H,15,16)(H,17,18). The maximum Gasteiger partial charge on any atom is 0.326 e. The summed E-state index contributed by atoms with van der Waals surface area (Å²) >= 11 is 0. The summed E-state index contributed by atoms with van der Waals surface area (Å²) in [7, 11) is 0. The Kier molecular flexibility index (Phi) is 4.38. The average molecular weight is 247 g/mol. The van der Waals surface area contributed by atoms with Gasteiger partial charge in [0.15, 0.2) is 0 Å². The zero-order valence-corrected chi connectivity index (χ0v) is 10.0. The Balaban J connectivity index is 2.81. The number of hydrogen-bond acceptors (Lipinski definition) is 4. The van der Waals surface area contributed by atoms with Gasteiger partial charge in [0, 0.05) is 6.20 Å². The predicted molar refractivity (Wildman–Crippen MR) is 62.7 cm³/mol. The number of amides is 1. The van der Waals surface area contributed by atoms with Gasteiger partial charge in [-0.3, -0.25) is 4.79 Å². The number of nitriles is 1. The molecular weight excluding hydrogens is 234 g/mol. The molecule has 1 unspecified atom stereocenters. The van der Waals surface area contributed by atoms with E-state index in [9.17, 15) is 9.59 Å². The summed E-state index contributed by atoms with van der Waals surface area (Å²) in [6.45, 7) is 3.40. The zero-order valence-electron chi connectivity index (χ0n) is 10.0. The molecule has 0 spiro atoms. The van der Waals surface area contributed by atoms with Gasteiger partial charge < -0.3 is 10.4 Å². The van der Waals surface area contributed by atoms with Gasteiger partial charge in [-0.15, -0.1) is 0 Å².